The molecule has 1 aliphatic rings. The first-order valence-electron chi connectivity index (χ1n) is 10.1. The molecule has 1 N–H and O–H groups in total. The number of benzene rings is 1. The van der Waals surface area contributed by atoms with E-state index in [2.05, 4.69) is 15.0 Å². The number of amides is 1. The Balaban J connectivity index is 2.10. The molecular formula is C22H19F7N2O4. The number of Topliss-reactive ketones (excluding diaryl/α,β-unsaturated/α-hetero) is 1. The van der Waals surface area contributed by atoms with E-state index in [1.807, 2.05) is 0 Å². The number of ketones is 1. The number of pyridine rings is 1. The predicted octanol–water partition coefficient (Wildman–Crippen LogP) is 5.24. The minimum atomic E-state index is -5.03. The summed E-state index contributed by atoms with van der Waals surface area (Å²) in [5.74, 6) is -9.67. The highest BCUT2D eigenvalue weighted by Crippen LogP contribution is 2.55. The van der Waals surface area contributed by atoms with E-state index in [1.54, 1.807) is 0 Å². The summed E-state index contributed by atoms with van der Waals surface area (Å²) in [6, 6.07) is 3.71. The molecule has 0 aliphatic carbocycles. The van der Waals surface area contributed by atoms with Crippen LogP contribution in [-0.2, 0) is 9.53 Å². The molecule has 0 spiro atoms. The third-order valence-electron chi connectivity index (χ3n) is 5.96. The van der Waals surface area contributed by atoms with E-state index < -0.39 is 71.0 Å². The number of nitrogens with zero attached hydrogens (tertiary/aromatic N) is 1. The fourth-order valence-electron chi connectivity index (χ4n) is 3.96. The van der Waals surface area contributed by atoms with E-state index in [9.17, 15) is 40.3 Å². The molecule has 4 atom stereocenters. The molecule has 35 heavy (non-hydrogen) atoms. The van der Waals surface area contributed by atoms with Crippen LogP contribution in [0.5, 0.6) is 5.75 Å². The van der Waals surface area contributed by atoms with Gasteiger partial charge in [0.1, 0.15) is 11.8 Å². The Kier molecular flexibility index (Phi) is 7.12. The number of nitrogens with one attached hydrogen (secondary N) is 1. The zero-order valence-corrected chi connectivity index (χ0v) is 18.4. The van der Waals surface area contributed by atoms with Crippen molar-refractivity contribution in [2.24, 2.45) is 5.92 Å². The average Bonchev–Trinajstić information content (AvgIpc) is 3.04. The molecule has 0 radical (unpaired) electrons. The van der Waals surface area contributed by atoms with Crippen LogP contribution in [0.25, 0.3) is 0 Å². The summed E-state index contributed by atoms with van der Waals surface area (Å²) in [7, 11) is 0. The third kappa shape index (κ3) is 4.95. The van der Waals surface area contributed by atoms with Gasteiger partial charge in [-0.25, -0.2) is 4.39 Å². The number of aromatic nitrogens is 1. The molecule has 0 unspecified atom stereocenters. The van der Waals surface area contributed by atoms with Gasteiger partial charge in [-0.05, 0) is 25.1 Å². The van der Waals surface area contributed by atoms with Gasteiger partial charge in [-0.3, -0.25) is 14.6 Å². The molecule has 0 bridgehead atoms. The molecule has 2 aromatic rings. The van der Waals surface area contributed by atoms with Crippen molar-refractivity contribution in [3.05, 3.63) is 53.4 Å². The van der Waals surface area contributed by atoms with Crippen molar-refractivity contribution in [1.82, 2.24) is 4.98 Å². The van der Waals surface area contributed by atoms with Crippen LogP contribution in [0.4, 0.5) is 36.4 Å². The van der Waals surface area contributed by atoms with Crippen LogP contribution in [0.15, 0.2) is 30.5 Å². The molecule has 3 rings (SSSR count). The highest BCUT2D eigenvalue weighted by Gasteiger charge is 2.66. The SMILES string of the molecule is CC(=O)c1cc(NC(=O)[C@H]2O[C@](C)(C(F)(F)F)[C@H](C)[C@@H]2c2ccc(F)c(F)c2OC(F)F)ccn1. The van der Waals surface area contributed by atoms with Gasteiger partial charge < -0.3 is 14.8 Å². The summed E-state index contributed by atoms with van der Waals surface area (Å²) >= 11 is 0. The van der Waals surface area contributed by atoms with Gasteiger partial charge in [-0.2, -0.15) is 26.3 Å². The summed E-state index contributed by atoms with van der Waals surface area (Å²) in [5, 5.41) is 2.29. The van der Waals surface area contributed by atoms with Gasteiger partial charge in [0, 0.05) is 36.2 Å². The van der Waals surface area contributed by atoms with Gasteiger partial charge >= 0.3 is 12.8 Å². The first kappa shape index (κ1) is 26.4. The summed E-state index contributed by atoms with van der Waals surface area (Å²) in [4.78, 5) is 28.4. The van der Waals surface area contributed by atoms with Crippen molar-refractivity contribution in [2.45, 2.75) is 51.2 Å². The highest BCUT2D eigenvalue weighted by molar-refractivity contribution is 5.97. The number of anilines is 1. The molecule has 1 fully saturated rings. The molecule has 13 heteroatoms. The predicted molar refractivity (Wildman–Crippen MR) is 107 cm³/mol. The van der Waals surface area contributed by atoms with Crippen LogP contribution in [0.1, 0.15) is 42.7 Å². The number of ether oxygens (including phenoxy) is 2. The Labute approximate surface area is 194 Å². The lowest BCUT2D eigenvalue weighted by atomic mass is 9.77. The summed E-state index contributed by atoms with van der Waals surface area (Å²) in [6.45, 7) is -0.732. The molecule has 1 saturated heterocycles. The zero-order chi connectivity index (χ0) is 26.3. The molecule has 1 amide bonds. The molecule has 0 saturated carbocycles. The number of rotatable bonds is 6. The van der Waals surface area contributed by atoms with Gasteiger partial charge in [0.15, 0.2) is 23.0 Å². The van der Waals surface area contributed by atoms with Crippen molar-refractivity contribution >= 4 is 17.4 Å². The zero-order valence-electron chi connectivity index (χ0n) is 18.4. The average molecular weight is 508 g/mol. The fourth-order valence-corrected chi connectivity index (χ4v) is 3.96. The first-order chi connectivity index (χ1) is 16.2. The van der Waals surface area contributed by atoms with E-state index in [1.165, 1.54) is 25.3 Å². The monoisotopic (exact) mass is 508 g/mol. The molecular weight excluding hydrogens is 489 g/mol. The number of hydrogen-bond donors (Lipinski definition) is 1. The summed E-state index contributed by atoms with van der Waals surface area (Å²) < 4.78 is 105. The number of carbonyl (C=O) groups excluding carboxylic acids is 2. The number of halogens is 7. The quantitative estimate of drug-likeness (QED) is 0.427. The molecule has 1 aromatic carbocycles. The fraction of sp³-hybridized carbons (Fsp3) is 0.409. The Bertz CT molecular complexity index is 1140. The summed E-state index contributed by atoms with van der Waals surface area (Å²) in [6.07, 6.45) is -5.85. The van der Waals surface area contributed by atoms with E-state index in [0.717, 1.165) is 13.0 Å². The second-order valence-electron chi connectivity index (χ2n) is 8.09. The molecule has 1 aromatic heterocycles. The van der Waals surface area contributed by atoms with Gasteiger partial charge in [0.05, 0.1) is 0 Å². The molecule has 1 aliphatic heterocycles. The van der Waals surface area contributed by atoms with Crippen molar-refractivity contribution in [3.63, 3.8) is 0 Å². The Morgan fingerprint density at radius 2 is 1.86 bits per heavy atom. The first-order valence-corrected chi connectivity index (χ1v) is 10.1. The van der Waals surface area contributed by atoms with Crippen LogP contribution >= 0.6 is 0 Å². The van der Waals surface area contributed by atoms with Crippen molar-refractivity contribution in [2.75, 3.05) is 5.32 Å². The maximum atomic E-state index is 14.4. The van der Waals surface area contributed by atoms with Crippen LogP contribution < -0.4 is 10.1 Å². The molecule has 2 heterocycles. The van der Waals surface area contributed by atoms with Gasteiger partial charge in [-0.15, -0.1) is 0 Å². The van der Waals surface area contributed by atoms with E-state index in [0.29, 0.717) is 13.0 Å². The van der Waals surface area contributed by atoms with Gasteiger partial charge in [0.25, 0.3) is 5.91 Å². The molecule has 6 nitrogen and oxygen atoms in total. The normalized spacial score (nSPS) is 24.5. The second-order valence-corrected chi connectivity index (χ2v) is 8.09. The standard InChI is InChI=1S/C22H19F7N2O4/c1-9-15(12-4-5-13(23)16(24)17(12)34-20(25)26)18(35-21(9,3)22(27,28)29)19(33)31-11-6-7-30-14(8-11)10(2)32/h4-9,15,18,20H,1-3H3,(H,30,31,33)/t9-,15-,18+,21+/m1/s1. The third-order valence-corrected chi connectivity index (χ3v) is 5.96. The van der Waals surface area contributed by atoms with Gasteiger partial charge in [0.2, 0.25) is 5.82 Å². The topological polar surface area (TPSA) is 77.5 Å². The minimum Gasteiger partial charge on any atom is -0.431 e. The van der Waals surface area contributed by atoms with Crippen molar-refractivity contribution in [3.8, 4) is 5.75 Å². The Morgan fingerprint density at radius 1 is 1.20 bits per heavy atom. The van der Waals surface area contributed by atoms with E-state index in [-0.39, 0.29) is 11.4 Å². The lowest BCUT2D eigenvalue weighted by molar-refractivity contribution is -0.272. The minimum absolute atomic E-state index is 0.0137. The van der Waals surface area contributed by atoms with Crippen LogP contribution in [0.3, 0.4) is 0 Å². The molecule has 190 valence electrons. The van der Waals surface area contributed by atoms with E-state index >= 15 is 0 Å². The van der Waals surface area contributed by atoms with Gasteiger partial charge in [-0.1, -0.05) is 13.0 Å². The number of alkyl halides is 5. The van der Waals surface area contributed by atoms with E-state index in [4.69, 9.17) is 4.74 Å². The highest BCUT2D eigenvalue weighted by atomic mass is 19.4. The van der Waals surface area contributed by atoms with Crippen molar-refractivity contribution < 1.29 is 49.8 Å². The summed E-state index contributed by atoms with van der Waals surface area (Å²) in [5.41, 5.74) is -3.63. The largest absolute Gasteiger partial charge is 0.431 e. The Morgan fingerprint density at radius 3 is 2.43 bits per heavy atom. The Hall–Kier alpha value is -3.22. The maximum absolute atomic E-state index is 14.4. The second kappa shape index (κ2) is 9.44. The van der Waals surface area contributed by atoms with Crippen LogP contribution in [0, 0.1) is 17.6 Å². The van der Waals surface area contributed by atoms with Crippen LogP contribution in [-0.4, -0.2) is 41.2 Å². The number of carbonyl (C=O) groups is 2. The smallest absolute Gasteiger partial charge is 0.417 e. The van der Waals surface area contributed by atoms with Crippen LogP contribution in [0.2, 0.25) is 0 Å². The maximum Gasteiger partial charge on any atom is 0.417 e. The number of hydrogen-bond acceptors (Lipinski definition) is 5. The van der Waals surface area contributed by atoms with Crippen molar-refractivity contribution in [1.29, 1.82) is 0 Å². The lowest BCUT2D eigenvalue weighted by Gasteiger charge is -2.32. The lowest BCUT2D eigenvalue weighted by Crippen LogP contribution is -2.47.